The molecule has 0 unspecified atom stereocenters. The Morgan fingerprint density at radius 2 is 2.00 bits per heavy atom. The smallest absolute Gasteiger partial charge is 0.260 e. The van der Waals surface area contributed by atoms with E-state index in [9.17, 15) is 0 Å². The molecule has 5 heteroatoms. The summed E-state index contributed by atoms with van der Waals surface area (Å²) in [4.78, 5) is 4.53. The molecule has 96 valence electrons. The Morgan fingerprint density at radius 3 is 2.67 bits per heavy atom. The highest BCUT2D eigenvalue weighted by Gasteiger charge is 2.21. The van der Waals surface area contributed by atoms with Crippen LogP contribution >= 0.6 is 11.3 Å². The number of aromatic nitrogens is 2. The highest BCUT2D eigenvalue weighted by molar-refractivity contribution is 7.14. The second-order valence-electron chi connectivity index (χ2n) is 4.84. The quantitative estimate of drug-likeness (QED) is 0.836. The van der Waals surface area contributed by atoms with Gasteiger partial charge in [0, 0.05) is 5.92 Å². The van der Waals surface area contributed by atoms with Gasteiger partial charge < -0.3 is 10.3 Å². The first-order valence-electron chi connectivity index (χ1n) is 6.51. The van der Waals surface area contributed by atoms with E-state index in [4.69, 9.17) is 10.3 Å². The van der Waals surface area contributed by atoms with Crippen molar-refractivity contribution in [3.63, 3.8) is 0 Å². The van der Waals surface area contributed by atoms with Crippen LogP contribution in [0.1, 0.15) is 50.3 Å². The number of anilines is 1. The third-order valence-corrected chi connectivity index (χ3v) is 4.33. The van der Waals surface area contributed by atoms with Crippen LogP contribution in [0.2, 0.25) is 0 Å². The van der Waals surface area contributed by atoms with E-state index in [-0.39, 0.29) is 0 Å². The molecule has 2 N–H and O–H groups in total. The first-order valence-corrected chi connectivity index (χ1v) is 7.39. The summed E-state index contributed by atoms with van der Waals surface area (Å²) in [5, 5.41) is 6.83. The fraction of sp³-hybridized carbons (Fsp3) is 0.538. The van der Waals surface area contributed by atoms with Crippen LogP contribution in [0.4, 0.5) is 5.00 Å². The first kappa shape index (κ1) is 11.7. The number of rotatable bonds is 2. The Bertz CT molecular complexity index is 512. The van der Waals surface area contributed by atoms with Gasteiger partial charge in [-0.1, -0.05) is 30.8 Å². The molecule has 0 amide bonds. The summed E-state index contributed by atoms with van der Waals surface area (Å²) < 4.78 is 5.35. The Labute approximate surface area is 110 Å². The summed E-state index contributed by atoms with van der Waals surface area (Å²) in [5.74, 6) is 1.88. The molecule has 0 atom stereocenters. The molecule has 0 aliphatic heterocycles. The molecule has 2 aromatic rings. The number of nitrogens with two attached hydrogens (primary N) is 1. The van der Waals surface area contributed by atoms with Gasteiger partial charge in [0.1, 0.15) is 0 Å². The number of nitrogen functional groups attached to an aromatic ring is 1. The van der Waals surface area contributed by atoms with Crippen molar-refractivity contribution in [1.82, 2.24) is 10.1 Å². The van der Waals surface area contributed by atoms with Crippen LogP contribution in [0.5, 0.6) is 0 Å². The summed E-state index contributed by atoms with van der Waals surface area (Å²) >= 11 is 1.50. The second-order valence-corrected chi connectivity index (χ2v) is 5.79. The van der Waals surface area contributed by atoms with Crippen molar-refractivity contribution in [3.05, 3.63) is 17.3 Å². The molecule has 0 radical (unpaired) electrons. The van der Waals surface area contributed by atoms with Gasteiger partial charge in [-0.3, -0.25) is 0 Å². The van der Waals surface area contributed by atoms with Crippen molar-refractivity contribution in [2.75, 3.05) is 5.73 Å². The summed E-state index contributed by atoms with van der Waals surface area (Å²) in [6.45, 7) is 0. The maximum Gasteiger partial charge on any atom is 0.260 e. The Hall–Kier alpha value is -1.36. The lowest BCUT2D eigenvalue weighted by Crippen LogP contribution is -1.99. The lowest BCUT2D eigenvalue weighted by molar-refractivity contribution is 0.410. The minimum atomic E-state index is 0.463. The Balaban J connectivity index is 1.82. The summed E-state index contributed by atoms with van der Waals surface area (Å²) in [7, 11) is 0. The van der Waals surface area contributed by atoms with E-state index >= 15 is 0 Å². The molecular weight excluding hydrogens is 246 g/mol. The normalized spacial score (nSPS) is 17.8. The largest absolute Gasteiger partial charge is 0.390 e. The van der Waals surface area contributed by atoms with E-state index in [1.165, 1.54) is 49.9 Å². The highest BCUT2D eigenvalue weighted by Crippen LogP contribution is 2.33. The van der Waals surface area contributed by atoms with Crippen LogP contribution in [-0.2, 0) is 0 Å². The van der Waals surface area contributed by atoms with E-state index in [1.807, 2.05) is 11.4 Å². The zero-order chi connectivity index (χ0) is 12.4. The SMILES string of the molecule is Nc1sccc1-c1nc(C2CCCCCC2)no1. The van der Waals surface area contributed by atoms with E-state index < -0.39 is 0 Å². The summed E-state index contributed by atoms with van der Waals surface area (Å²) in [6, 6.07) is 1.93. The molecule has 4 nitrogen and oxygen atoms in total. The lowest BCUT2D eigenvalue weighted by Gasteiger charge is -2.07. The maximum atomic E-state index is 5.88. The van der Waals surface area contributed by atoms with Crippen molar-refractivity contribution in [2.24, 2.45) is 0 Å². The average molecular weight is 263 g/mol. The predicted molar refractivity (Wildman–Crippen MR) is 72.5 cm³/mol. The molecular formula is C13H17N3OS. The third-order valence-electron chi connectivity index (χ3n) is 3.59. The van der Waals surface area contributed by atoms with Gasteiger partial charge >= 0.3 is 0 Å². The highest BCUT2D eigenvalue weighted by atomic mass is 32.1. The van der Waals surface area contributed by atoms with E-state index in [0.29, 0.717) is 11.8 Å². The van der Waals surface area contributed by atoms with E-state index in [0.717, 1.165) is 16.4 Å². The van der Waals surface area contributed by atoms with Crippen molar-refractivity contribution in [1.29, 1.82) is 0 Å². The molecule has 0 bridgehead atoms. The van der Waals surface area contributed by atoms with E-state index in [2.05, 4.69) is 10.1 Å². The van der Waals surface area contributed by atoms with Crippen molar-refractivity contribution in [3.8, 4) is 11.5 Å². The Kier molecular flexibility index (Phi) is 3.32. The fourth-order valence-electron chi connectivity index (χ4n) is 2.55. The molecule has 1 fully saturated rings. The number of nitrogens with zero attached hydrogens (tertiary/aromatic N) is 2. The van der Waals surface area contributed by atoms with Crippen LogP contribution in [-0.4, -0.2) is 10.1 Å². The molecule has 2 heterocycles. The fourth-order valence-corrected chi connectivity index (χ4v) is 3.18. The van der Waals surface area contributed by atoms with Gasteiger partial charge in [0.05, 0.1) is 10.6 Å². The van der Waals surface area contributed by atoms with Gasteiger partial charge in [0.25, 0.3) is 5.89 Å². The van der Waals surface area contributed by atoms with Gasteiger partial charge in [-0.25, -0.2) is 0 Å². The maximum absolute atomic E-state index is 5.88. The molecule has 3 rings (SSSR count). The van der Waals surface area contributed by atoms with Crippen molar-refractivity contribution in [2.45, 2.75) is 44.4 Å². The van der Waals surface area contributed by atoms with Crippen LogP contribution in [0, 0.1) is 0 Å². The number of thiophene rings is 1. The van der Waals surface area contributed by atoms with Crippen LogP contribution in [0.3, 0.4) is 0 Å². The first-order chi connectivity index (χ1) is 8.84. The molecule has 2 aromatic heterocycles. The van der Waals surface area contributed by atoms with Gasteiger partial charge in [-0.05, 0) is 24.3 Å². The lowest BCUT2D eigenvalue weighted by atomic mass is 10.00. The zero-order valence-corrected chi connectivity index (χ0v) is 11.1. The average Bonchev–Trinajstić information content (AvgIpc) is 2.91. The van der Waals surface area contributed by atoms with Crippen LogP contribution < -0.4 is 5.73 Å². The number of hydrogen-bond acceptors (Lipinski definition) is 5. The predicted octanol–water partition coefficient (Wildman–Crippen LogP) is 3.82. The molecule has 1 aliphatic rings. The topological polar surface area (TPSA) is 64.9 Å². The minimum Gasteiger partial charge on any atom is -0.390 e. The summed E-state index contributed by atoms with van der Waals surface area (Å²) in [5.41, 5.74) is 6.74. The molecule has 0 aromatic carbocycles. The molecule has 18 heavy (non-hydrogen) atoms. The van der Waals surface area contributed by atoms with Gasteiger partial charge in [0.2, 0.25) is 0 Å². The molecule has 1 aliphatic carbocycles. The second kappa shape index (κ2) is 5.10. The van der Waals surface area contributed by atoms with Crippen LogP contribution in [0.25, 0.3) is 11.5 Å². The van der Waals surface area contributed by atoms with E-state index in [1.54, 1.807) is 0 Å². The van der Waals surface area contributed by atoms with Crippen LogP contribution in [0.15, 0.2) is 16.0 Å². The molecule has 0 spiro atoms. The third kappa shape index (κ3) is 2.27. The van der Waals surface area contributed by atoms with Gasteiger partial charge in [-0.2, -0.15) is 4.98 Å². The minimum absolute atomic E-state index is 0.463. The number of hydrogen-bond donors (Lipinski definition) is 1. The monoisotopic (exact) mass is 263 g/mol. The van der Waals surface area contributed by atoms with Gasteiger partial charge in [0.15, 0.2) is 5.82 Å². The van der Waals surface area contributed by atoms with Crippen molar-refractivity contribution < 1.29 is 4.52 Å². The summed E-state index contributed by atoms with van der Waals surface area (Å²) in [6.07, 6.45) is 7.57. The molecule has 1 saturated carbocycles. The Morgan fingerprint density at radius 1 is 1.22 bits per heavy atom. The molecule has 0 saturated heterocycles. The zero-order valence-electron chi connectivity index (χ0n) is 10.3. The van der Waals surface area contributed by atoms with Crippen molar-refractivity contribution >= 4 is 16.3 Å². The standard InChI is InChI=1S/C13H17N3OS/c14-11-10(7-8-18-11)13-15-12(16-17-13)9-5-3-1-2-4-6-9/h7-9H,1-6,14H2. The van der Waals surface area contributed by atoms with Gasteiger partial charge in [-0.15, -0.1) is 11.3 Å².